The minimum absolute atomic E-state index is 0.101. The molecule has 1 saturated heterocycles. The topological polar surface area (TPSA) is 66.1 Å². The molecule has 1 aliphatic rings. The lowest BCUT2D eigenvalue weighted by Gasteiger charge is -2.40. The molecule has 0 unspecified atom stereocenters. The molecule has 1 aliphatic heterocycles. The summed E-state index contributed by atoms with van der Waals surface area (Å²) < 4.78 is 6.88. The highest BCUT2D eigenvalue weighted by atomic mass is 35.5. The number of rotatable bonds is 5. The summed E-state index contributed by atoms with van der Waals surface area (Å²) in [6.45, 7) is 5.25. The van der Waals surface area contributed by atoms with E-state index >= 15 is 0 Å². The van der Waals surface area contributed by atoms with Gasteiger partial charge in [-0.25, -0.2) is 4.98 Å². The predicted octanol–water partition coefficient (Wildman–Crippen LogP) is 4.38. The van der Waals surface area contributed by atoms with Crippen LogP contribution in [0.15, 0.2) is 48.5 Å². The number of ether oxygens (including phenoxy) is 1. The highest BCUT2D eigenvalue weighted by Crippen LogP contribution is 2.40. The van der Waals surface area contributed by atoms with Crippen molar-refractivity contribution in [1.29, 1.82) is 0 Å². The summed E-state index contributed by atoms with van der Waals surface area (Å²) in [5.41, 5.74) is 2.23. The summed E-state index contributed by atoms with van der Waals surface area (Å²) in [5.74, 6) is 1.61. The monoisotopic (exact) mass is 469 g/mol. The number of nitrogens with zero attached hydrogens (tertiary/aromatic N) is 5. The quantitative estimate of drug-likeness (QED) is 0.468. The summed E-state index contributed by atoms with van der Waals surface area (Å²) in [4.78, 5) is 10.8. The molecule has 1 atom stereocenters. The van der Waals surface area contributed by atoms with Crippen molar-refractivity contribution in [3.05, 3.63) is 69.8 Å². The van der Waals surface area contributed by atoms with E-state index < -0.39 is 0 Å². The van der Waals surface area contributed by atoms with Crippen LogP contribution in [0.25, 0.3) is 4.96 Å². The summed E-state index contributed by atoms with van der Waals surface area (Å²) in [6.07, 6.45) is 0. The van der Waals surface area contributed by atoms with Gasteiger partial charge in [-0.1, -0.05) is 41.1 Å². The van der Waals surface area contributed by atoms with E-state index in [-0.39, 0.29) is 11.9 Å². The number of methoxy groups -OCH3 is 1. The SMILES string of the molecule is COc1ccc([C@@H](c2sc3nc(C)nn3c2O)N2CCN(c3cccc(Cl)c3)CC2)cc1. The largest absolute Gasteiger partial charge is 0.497 e. The molecule has 9 heteroatoms. The lowest BCUT2D eigenvalue weighted by Crippen LogP contribution is -2.47. The van der Waals surface area contributed by atoms with E-state index in [0.717, 1.165) is 53.1 Å². The number of aromatic nitrogens is 3. The first-order valence-corrected chi connectivity index (χ1v) is 11.7. The van der Waals surface area contributed by atoms with Crippen LogP contribution < -0.4 is 9.64 Å². The summed E-state index contributed by atoms with van der Waals surface area (Å²) in [6, 6.07) is 15.9. The fraction of sp³-hybridized carbons (Fsp3) is 0.304. The molecular weight excluding hydrogens is 446 g/mol. The van der Waals surface area contributed by atoms with Crippen LogP contribution in [-0.2, 0) is 0 Å². The van der Waals surface area contributed by atoms with Gasteiger partial charge >= 0.3 is 0 Å². The molecule has 0 saturated carbocycles. The van der Waals surface area contributed by atoms with Gasteiger partial charge in [-0.15, -0.1) is 5.10 Å². The van der Waals surface area contributed by atoms with Gasteiger partial charge in [0.25, 0.3) is 0 Å². The molecule has 7 nitrogen and oxygen atoms in total. The van der Waals surface area contributed by atoms with Crippen LogP contribution in [0.2, 0.25) is 5.02 Å². The Labute approximate surface area is 195 Å². The lowest BCUT2D eigenvalue weighted by atomic mass is 10.0. The van der Waals surface area contributed by atoms with E-state index in [0.29, 0.717) is 10.8 Å². The Hall–Kier alpha value is -2.81. The molecule has 1 N–H and O–H groups in total. The first kappa shape index (κ1) is 21.1. The number of hydrogen-bond acceptors (Lipinski definition) is 7. The third kappa shape index (κ3) is 3.90. The lowest BCUT2D eigenvalue weighted by molar-refractivity contribution is 0.211. The van der Waals surface area contributed by atoms with Crippen molar-refractivity contribution in [2.24, 2.45) is 0 Å². The van der Waals surface area contributed by atoms with Crippen molar-refractivity contribution in [3.63, 3.8) is 0 Å². The molecule has 32 heavy (non-hydrogen) atoms. The van der Waals surface area contributed by atoms with Gasteiger partial charge in [-0.3, -0.25) is 4.90 Å². The predicted molar refractivity (Wildman–Crippen MR) is 127 cm³/mol. The number of halogens is 1. The fourth-order valence-electron chi connectivity index (χ4n) is 4.25. The number of hydrogen-bond donors (Lipinski definition) is 1. The van der Waals surface area contributed by atoms with Crippen molar-refractivity contribution < 1.29 is 9.84 Å². The zero-order valence-corrected chi connectivity index (χ0v) is 19.5. The molecule has 5 rings (SSSR count). The summed E-state index contributed by atoms with van der Waals surface area (Å²) >= 11 is 7.68. The number of piperazine rings is 1. The number of fused-ring (bicyclic) bond motifs is 1. The molecule has 0 radical (unpaired) electrons. The molecule has 166 valence electrons. The number of aromatic hydroxyl groups is 1. The van der Waals surface area contributed by atoms with Gasteiger partial charge in [0.2, 0.25) is 10.8 Å². The molecule has 0 aliphatic carbocycles. The minimum Gasteiger partial charge on any atom is -0.497 e. The van der Waals surface area contributed by atoms with Gasteiger partial charge in [0, 0.05) is 36.9 Å². The van der Waals surface area contributed by atoms with E-state index in [2.05, 4.69) is 38.1 Å². The molecule has 0 bridgehead atoms. The standard InChI is InChI=1S/C23H24ClN5O2S/c1-15-25-23-29(26-15)22(30)21(32-23)20(16-6-8-19(31-2)9-7-16)28-12-10-27(11-13-28)18-5-3-4-17(24)14-18/h3-9,14,20,30H,10-13H2,1-2H3/t20-/m0/s1. The van der Waals surface area contributed by atoms with Crippen molar-refractivity contribution in [3.8, 4) is 11.6 Å². The third-order valence-corrected chi connectivity index (χ3v) is 7.15. The first-order chi connectivity index (χ1) is 15.5. The number of anilines is 1. The van der Waals surface area contributed by atoms with E-state index in [1.165, 1.54) is 15.9 Å². The van der Waals surface area contributed by atoms with Crippen LogP contribution in [-0.4, -0.2) is 57.9 Å². The van der Waals surface area contributed by atoms with Gasteiger partial charge in [0.1, 0.15) is 11.6 Å². The molecule has 3 heterocycles. The maximum atomic E-state index is 11.0. The van der Waals surface area contributed by atoms with E-state index in [4.69, 9.17) is 16.3 Å². The van der Waals surface area contributed by atoms with Crippen molar-refractivity contribution in [2.45, 2.75) is 13.0 Å². The van der Waals surface area contributed by atoms with Crippen LogP contribution >= 0.6 is 22.9 Å². The molecule has 4 aromatic rings. The fourth-order valence-corrected chi connectivity index (χ4v) is 5.60. The third-order valence-electron chi connectivity index (χ3n) is 5.84. The Morgan fingerprint density at radius 1 is 1.09 bits per heavy atom. The zero-order valence-electron chi connectivity index (χ0n) is 17.9. The second kappa shape index (κ2) is 8.61. The minimum atomic E-state index is -0.101. The maximum Gasteiger partial charge on any atom is 0.230 e. The Balaban J connectivity index is 1.47. The Morgan fingerprint density at radius 3 is 2.50 bits per heavy atom. The molecular formula is C23H24ClN5O2S. The van der Waals surface area contributed by atoms with E-state index in [1.807, 2.05) is 37.3 Å². The van der Waals surface area contributed by atoms with Crippen molar-refractivity contribution >= 4 is 33.6 Å². The average molecular weight is 470 g/mol. The van der Waals surface area contributed by atoms with Crippen LogP contribution in [0.3, 0.4) is 0 Å². The van der Waals surface area contributed by atoms with E-state index in [9.17, 15) is 5.11 Å². The van der Waals surface area contributed by atoms with Gasteiger partial charge in [-0.2, -0.15) is 4.52 Å². The normalized spacial score (nSPS) is 15.9. The Kier molecular flexibility index (Phi) is 5.67. The van der Waals surface area contributed by atoms with Crippen molar-refractivity contribution in [1.82, 2.24) is 19.5 Å². The highest BCUT2D eigenvalue weighted by molar-refractivity contribution is 7.17. The molecule has 1 fully saturated rings. The second-order valence-electron chi connectivity index (χ2n) is 7.82. The Bertz CT molecular complexity index is 1230. The highest BCUT2D eigenvalue weighted by Gasteiger charge is 2.31. The molecule has 0 spiro atoms. The summed E-state index contributed by atoms with van der Waals surface area (Å²) in [7, 11) is 1.66. The van der Waals surface area contributed by atoms with Gasteiger partial charge in [0.05, 0.1) is 18.0 Å². The zero-order chi connectivity index (χ0) is 22.2. The summed E-state index contributed by atoms with van der Waals surface area (Å²) in [5, 5.41) is 16.1. The Morgan fingerprint density at radius 2 is 1.84 bits per heavy atom. The maximum absolute atomic E-state index is 11.0. The molecule has 2 aromatic heterocycles. The average Bonchev–Trinajstić information content (AvgIpc) is 3.32. The number of aryl methyl sites for hydroxylation is 1. The van der Waals surface area contributed by atoms with Gasteiger partial charge < -0.3 is 14.7 Å². The van der Waals surface area contributed by atoms with Crippen LogP contribution in [0.4, 0.5) is 5.69 Å². The number of thiazole rings is 1. The van der Waals surface area contributed by atoms with Crippen molar-refractivity contribution in [2.75, 3.05) is 38.2 Å². The van der Waals surface area contributed by atoms with Gasteiger partial charge in [0.15, 0.2) is 0 Å². The second-order valence-corrected chi connectivity index (χ2v) is 9.27. The van der Waals surface area contributed by atoms with E-state index in [1.54, 1.807) is 7.11 Å². The molecule has 2 aromatic carbocycles. The van der Waals surface area contributed by atoms with Crippen LogP contribution in [0, 0.1) is 6.92 Å². The van der Waals surface area contributed by atoms with Crippen LogP contribution in [0.1, 0.15) is 22.3 Å². The first-order valence-electron chi connectivity index (χ1n) is 10.5. The van der Waals surface area contributed by atoms with Crippen LogP contribution in [0.5, 0.6) is 11.6 Å². The number of benzene rings is 2. The molecule has 0 amide bonds. The smallest absolute Gasteiger partial charge is 0.230 e. The van der Waals surface area contributed by atoms with Gasteiger partial charge in [-0.05, 0) is 42.8 Å².